The first-order chi connectivity index (χ1) is 14.6. The van der Waals surface area contributed by atoms with Crippen molar-refractivity contribution in [2.24, 2.45) is 0 Å². The van der Waals surface area contributed by atoms with Gasteiger partial charge in [0.05, 0.1) is 17.4 Å². The van der Waals surface area contributed by atoms with Crippen LogP contribution in [-0.4, -0.2) is 32.0 Å². The summed E-state index contributed by atoms with van der Waals surface area (Å²) in [4.78, 5) is 29.7. The van der Waals surface area contributed by atoms with Crippen LogP contribution in [0.2, 0.25) is 0 Å². The Morgan fingerprint density at radius 2 is 1.90 bits per heavy atom. The van der Waals surface area contributed by atoms with Gasteiger partial charge in [-0.05, 0) is 58.7 Å². The minimum Gasteiger partial charge on any atom is -0.347 e. The lowest BCUT2D eigenvalue weighted by Crippen LogP contribution is -2.40. The fraction of sp³-hybridized carbons (Fsp3) is 0.348. The van der Waals surface area contributed by atoms with Gasteiger partial charge in [-0.25, -0.2) is 9.50 Å². The first-order valence-corrected chi connectivity index (χ1v) is 10.1. The van der Waals surface area contributed by atoms with E-state index in [1.807, 2.05) is 34.6 Å². The van der Waals surface area contributed by atoms with E-state index in [9.17, 15) is 14.9 Å². The highest BCUT2D eigenvalue weighted by Gasteiger charge is 2.19. The van der Waals surface area contributed by atoms with E-state index in [1.165, 1.54) is 6.20 Å². The Morgan fingerprint density at radius 1 is 1.19 bits per heavy atom. The van der Waals surface area contributed by atoms with Crippen LogP contribution in [-0.2, 0) is 11.2 Å². The maximum Gasteiger partial charge on any atom is 0.253 e. The predicted octanol–water partition coefficient (Wildman–Crippen LogP) is 3.32. The Hall–Kier alpha value is -3.73. The van der Waals surface area contributed by atoms with Crippen molar-refractivity contribution < 1.29 is 9.59 Å². The molecule has 160 valence electrons. The van der Waals surface area contributed by atoms with Crippen molar-refractivity contribution >= 4 is 23.1 Å². The standard InChI is InChI=1S/C23H26N6O2/c1-14-17(15(2)29-21(26-14)16(12-24)13-25-29)10-11-20(30)27-19-9-7-6-8-18(19)22(31)28-23(3,4)5/h6-9,13H,10-11H2,1-5H3,(H,27,30)(H,28,31). The summed E-state index contributed by atoms with van der Waals surface area (Å²) in [5.74, 6) is -0.440. The van der Waals surface area contributed by atoms with Gasteiger partial charge in [0.15, 0.2) is 5.65 Å². The summed E-state index contributed by atoms with van der Waals surface area (Å²) in [5, 5.41) is 19.2. The fourth-order valence-electron chi connectivity index (χ4n) is 3.40. The molecule has 8 nitrogen and oxygen atoms in total. The van der Waals surface area contributed by atoms with Crippen molar-refractivity contribution in [2.75, 3.05) is 5.32 Å². The quantitative estimate of drug-likeness (QED) is 0.660. The third kappa shape index (κ3) is 4.89. The van der Waals surface area contributed by atoms with Crippen molar-refractivity contribution in [3.63, 3.8) is 0 Å². The molecule has 0 aliphatic heterocycles. The van der Waals surface area contributed by atoms with Crippen LogP contribution in [0.1, 0.15) is 60.1 Å². The van der Waals surface area contributed by atoms with Crippen molar-refractivity contribution in [3.8, 4) is 6.07 Å². The van der Waals surface area contributed by atoms with E-state index in [-0.39, 0.29) is 23.8 Å². The van der Waals surface area contributed by atoms with E-state index in [0.29, 0.717) is 28.9 Å². The van der Waals surface area contributed by atoms with Crippen molar-refractivity contribution in [2.45, 2.75) is 53.0 Å². The maximum absolute atomic E-state index is 12.7. The Kier molecular flexibility index (Phi) is 6.07. The molecule has 2 N–H and O–H groups in total. The number of fused-ring (bicyclic) bond motifs is 1. The smallest absolute Gasteiger partial charge is 0.253 e. The van der Waals surface area contributed by atoms with Gasteiger partial charge in [0.25, 0.3) is 5.91 Å². The molecule has 0 aliphatic carbocycles. The SMILES string of the molecule is Cc1nc2c(C#N)cnn2c(C)c1CCC(=O)Nc1ccccc1C(=O)NC(C)(C)C. The van der Waals surface area contributed by atoms with Crippen LogP contribution < -0.4 is 10.6 Å². The van der Waals surface area contributed by atoms with Gasteiger partial charge in [-0.2, -0.15) is 10.4 Å². The van der Waals surface area contributed by atoms with Crippen LogP contribution in [0.5, 0.6) is 0 Å². The molecular weight excluding hydrogens is 392 g/mol. The minimum absolute atomic E-state index is 0.201. The molecule has 0 atom stereocenters. The van der Waals surface area contributed by atoms with Gasteiger partial charge in [0.2, 0.25) is 5.91 Å². The Balaban J connectivity index is 1.75. The lowest BCUT2D eigenvalue weighted by molar-refractivity contribution is -0.116. The van der Waals surface area contributed by atoms with E-state index < -0.39 is 0 Å². The van der Waals surface area contributed by atoms with Gasteiger partial charge >= 0.3 is 0 Å². The summed E-state index contributed by atoms with van der Waals surface area (Å²) in [6.07, 6.45) is 2.17. The first-order valence-electron chi connectivity index (χ1n) is 10.1. The summed E-state index contributed by atoms with van der Waals surface area (Å²) in [6.45, 7) is 9.47. The van der Waals surface area contributed by atoms with Crippen molar-refractivity contribution in [1.82, 2.24) is 19.9 Å². The second-order valence-electron chi connectivity index (χ2n) is 8.46. The fourth-order valence-corrected chi connectivity index (χ4v) is 3.40. The molecule has 0 spiro atoms. The molecule has 3 rings (SSSR count). The van der Waals surface area contributed by atoms with Crippen LogP contribution in [0.15, 0.2) is 30.5 Å². The Bertz CT molecular complexity index is 1200. The predicted molar refractivity (Wildman–Crippen MR) is 118 cm³/mol. The second-order valence-corrected chi connectivity index (χ2v) is 8.46. The molecule has 0 fully saturated rings. The molecular formula is C23H26N6O2. The molecule has 1 aromatic carbocycles. The molecule has 0 aliphatic rings. The average molecular weight is 419 g/mol. The molecule has 2 amide bonds. The number of para-hydroxylation sites is 1. The Labute approximate surface area is 181 Å². The molecule has 0 bridgehead atoms. The number of nitriles is 1. The van der Waals surface area contributed by atoms with E-state index in [2.05, 4.69) is 26.8 Å². The van der Waals surface area contributed by atoms with Crippen LogP contribution >= 0.6 is 0 Å². The molecule has 31 heavy (non-hydrogen) atoms. The van der Waals surface area contributed by atoms with Gasteiger partial charge in [0.1, 0.15) is 11.6 Å². The molecule has 0 radical (unpaired) electrons. The summed E-state index contributed by atoms with van der Waals surface area (Å²) in [5.41, 5.74) is 3.97. The summed E-state index contributed by atoms with van der Waals surface area (Å²) >= 11 is 0. The highest BCUT2D eigenvalue weighted by Crippen LogP contribution is 2.20. The molecule has 3 aromatic rings. The third-order valence-corrected chi connectivity index (χ3v) is 4.87. The number of hydrogen-bond acceptors (Lipinski definition) is 5. The normalized spacial score (nSPS) is 11.2. The number of carbonyl (C=O) groups is 2. The van der Waals surface area contributed by atoms with E-state index in [0.717, 1.165) is 17.0 Å². The van der Waals surface area contributed by atoms with Crippen molar-refractivity contribution in [3.05, 3.63) is 58.5 Å². The van der Waals surface area contributed by atoms with E-state index in [4.69, 9.17) is 0 Å². The van der Waals surface area contributed by atoms with E-state index in [1.54, 1.807) is 28.8 Å². The topological polar surface area (TPSA) is 112 Å². The number of benzene rings is 1. The Morgan fingerprint density at radius 3 is 2.58 bits per heavy atom. The molecule has 0 saturated carbocycles. The summed E-state index contributed by atoms with van der Waals surface area (Å²) in [6, 6.07) is 9.03. The number of nitrogens with one attached hydrogen (secondary N) is 2. The van der Waals surface area contributed by atoms with Gasteiger partial charge in [0, 0.05) is 23.3 Å². The van der Waals surface area contributed by atoms with Gasteiger partial charge in [-0.1, -0.05) is 12.1 Å². The zero-order chi connectivity index (χ0) is 22.8. The average Bonchev–Trinajstić information content (AvgIpc) is 3.09. The second kappa shape index (κ2) is 8.56. The molecule has 8 heteroatoms. The zero-order valence-corrected chi connectivity index (χ0v) is 18.4. The number of carbonyl (C=O) groups excluding carboxylic acids is 2. The van der Waals surface area contributed by atoms with Crippen LogP contribution in [0.3, 0.4) is 0 Å². The molecule has 0 unspecified atom stereocenters. The monoisotopic (exact) mass is 418 g/mol. The number of aromatic nitrogens is 3. The molecule has 0 saturated heterocycles. The molecule has 2 heterocycles. The molecule has 2 aromatic heterocycles. The van der Waals surface area contributed by atoms with Gasteiger partial charge in [-0.15, -0.1) is 0 Å². The minimum atomic E-state index is -0.382. The van der Waals surface area contributed by atoms with Crippen LogP contribution in [0.4, 0.5) is 5.69 Å². The number of hydrogen-bond donors (Lipinski definition) is 2. The van der Waals surface area contributed by atoms with Crippen molar-refractivity contribution in [1.29, 1.82) is 5.26 Å². The summed E-state index contributed by atoms with van der Waals surface area (Å²) in [7, 11) is 0. The number of amides is 2. The van der Waals surface area contributed by atoms with Gasteiger partial charge in [-0.3, -0.25) is 9.59 Å². The largest absolute Gasteiger partial charge is 0.347 e. The number of aryl methyl sites for hydroxylation is 2. The first kappa shape index (κ1) is 22.0. The highest BCUT2D eigenvalue weighted by molar-refractivity contribution is 6.04. The van der Waals surface area contributed by atoms with Crippen LogP contribution in [0.25, 0.3) is 5.65 Å². The zero-order valence-electron chi connectivity index (χ0n) is 18.4. The lowest BCUT2D eigenvalue weighted by atomic mass is 10.1. The van der Waals surface area contributed by atoms with Gasteiger partial charge < -0.3 is 10.6 Å². The van der Waals surface area contributed by atoms with Crippen LogP contribution in [0, 0.1) is 25.2 Å². The summed E-state index contributed by atoms with van der Waals surface area (Å²) < 4.78 is 1.63. The third-order valence-electron chi connectivity index (χ3n) is 4.87. The highest BCUT2D eigenvalue weighted by atomic mass is 16.2. The van der Waals surface area contributed by atoms with E-state index >= 15 is 0 Å². The number of anilines is 1. The number of nitrogens with zero attached hydrogens (tertiary/aromatic N) is 4. The lowest BCUT2D eigenvalue weighted by Gasteiger charge is -2.21. The number of rotatable bonds is 5. The maximum atomic E-state index is 12.7.